The summed E-state index contributed by atoms with van der Waals surface area (Å²) in [6.45, 7) is 11.1. The van der Waals surface area contributed by atoms with Gasteiger partial charge in [-0.25, -0.2) is 28.7 Å². The number of hydrogen-bond acceptors (Lipinski definition) is 7. The van der Waals surface area contributed by atoms with Crippen molar-refractivity contribution in [2.45, 2.75) is 52.1 Å². The Hall–Kier alpha value is -3.50. The van der Waals surface area contributed by atoms with E-state index < -0.39 is 11.6 Å². The van der Waals surface area contributed by atoms with Gasteiger partial charge in [-0.2, -0.15) is 0 Å². The molecular weight excluding hydrogens is 510 g/mol. The lowest BCUT2D eigenvalue weighted by molar-refractivity contribution is -0.0502. The Kier molecular flexibility index (Phi) is 6.27. The van der Waals surface area contributed by atoms with Gasteiger partial charge in [0.15, 0.2) is 11.6 Å². The van der Waals surface area contributed by atoms with Gasteiger partial charge in [0.1, 0.15) is 22.9 Å². The van der Waals surface area contributed by atoms with Gasteiger partial charge in [-0.1, -0.05) is 13.0 Å². The van der Waals surface area contributed by atoms with E-state index in [1.54, 1.807) is 6.07 Å². The monoisotopic (exact) mass is 544 g/mol. The number of halogens is 2. The molecule has 208 valence electrons. The molecule has 3 aliphatic rings. The van der Waals surface area contributed by atoms with Gasteiger partial charge >= 0.3 is 0 Å². The van der Waals surface area contributed by atoms with Crippen LogP contribution in [-0.2, 0) is 13.0 Å². The number of nitrogens with zero attached hydrogens (tertiary/aromatic N) is 7. The van der Waals surface area contributed by atoms with Crippen LogP contribution in [0.1, 0.15) is 50.5 Å². The van der Waals surface area contributed by atoms with Crippen molar-refractivity contribution < 1.29 is 8.78 Å². The fraction of sp³-hybridized carbons (Fsp3) is 0.467. The summed E-state index contributed by atoms with van der Waals surface area (Å²) in [5.74, 6) is 0.537. The molecule has 7 rings (SSSR count). The fourth-order valence-electron chi connectivity index (χ4n) is 6.74. The molecule has 1 N–H and O–H groups in total. The van der Waals surface area contributed by atoms with E-state index in [1.807, 2.05) is 16.8 Å². The van der Waals surface area contributed by atoms with Gasteiger partial charge in [0.25, 0.3) is 0 Å². The highest BCUT2D eigenvalue weighted by molar-refractivity contribution is 5.83. The van der Waals surface area contributed by atoms with Crippen LogP contribution < -0.4 is 5.32 Å². The molecule has 0 saturated carbocycles. The molecule has 0 radical (unpaired) electrons. The number of imidazole rings is 1. The van der Waals surface area contributed by atoms with Crippen molar-refractivity contribution in [3.8, 4) is 11.3 Å². The minimum absolute atomic E-state index is 0.0348. The standard InChI is InChI=1S/C30H34F2N8/c1-3-38-10-8-30(9-11-38)17-39(18-30)16-20-5-6-25(33-14-20)35-29-34-15-23(32)27(37-29)21-12-22(31)28-24(13-21)40-19(2)4-7-26(40)36-28/h5-6,12-15,19H,3-4,7-11,16-18H2,1-2H3,(H,33,34,35,37). The van der Waals surface area contributed by atoms with Gasteiger partial charge in [0.05, 0.1) is 11.7 Å². The molecular formula is C30H34F2N8. The summed E-state index contributed by atoms with van der Waals surface area (Å²) in [4.78, 5) is 22.5. The van der Waals surface area contributed by atoms with Gasteiger partial charge in [0, 0.05) is 43.9 Å². The van der Waals surface area contributed by atoms with Crippen molar-refractivity contribution in [3.05, 3.63) is 59.7 Å². The average molecular weight is 545 g/mol. The summed E-state index contributed by atoms with van der Waals surface area (Å²) < 4.78 is 31.9. The third kappa shape index (κ3) is 4.53. The second-order valence-electron chi connectivity index (χ2n) is 11.8. The third-order valence-electron chi connectivity index (χ3n) is 9.02. The number of fused-ring (bicyclic) bond motifs is 3. The number of aromatic nitrogens is 5. The zero-order valence-electron chi connectivity index (χ0n) is 23.0. The SMILES string of the molecule is CCN1CCC2(CC1)CN(Cc1ccc(Nc3ncc(F)c(-c4cc(F)c5nc6n(c5c4)C(C)CC6)n3)nc1)C2. The number of likely N-dealkylation sites (tertiary alicyclic amines) is 2. The molecule has 2 fully saturated rings. The van der Waals surface area contributed by atoms with Crippen molar-refractivity contribution >= 4 is 22.8 Å². The molecule has 1 unspecified atom stereocenters. The molecule has 0 bridgehead atoms. The maximum Gasteiger partial charge on any atom is 0.229 e. The van der Waals surface area contributed by atoms with Crippen LogP contribution in [0.3, 0.4) is 0 Å². The average Bonchev–Trinajstić information content (AvgIpc) is 3.50. The zero-order chi connectivity index (χ0) is 27.4. The minimum atomic E-state index is -0.616. The molecule has 1 aromatic carbocycles. The summed E-state index contributed by atoms with van der Waals surface area (Å²) in [5, 5.41) is 3.07. The summed E-state index contributed by atoms with van der Waals surface area (Å²) >= 11 is 0. The lowest BCUT2D eigenvalue weighted by Crippen LogP contribution is -2.59. The molecule has 10 heteroatoms. The van der Waals surface area contributed by atoms with Crippen LogP contribution in [-0.4, -0.2) is 67.0 Å². The molecule has 1 spiro atoms. The van der Waals surface area contributed by atoms with Crippen molar-refractivity contribution in [2.24, 2.45) is 5.41 Å². The maximum atomic E-state index is 15.0. The number of piperidine rings is 1. The Morgan fingerprint density at radius 3 is 2.58 bits per heavy atom. The number of rotatable bonds is 6. The van der Waals surface area contributed by atoms with Crippen LogP contribution in [0.15, 0.2) is 36.7 Å². The lowest BCUT2D eigenvalue weighted by atomic mass is 9.72. The van der Waals surface area contributed by atoms with E-state index in [-0.39, 0.29) is 17.7 Å². The smallest absolute Gasteiger partial charge is 0.229 e. The Balaban J connectivity index is 1.04. The van der Waals surface area contributed by atoms with E-state index in [9.17, 15) is 4.39 Å². The molecule has 0 aliphatic carbocycles. The molecule has 8 nitrogen and oxygen atoms in total. The quantitative estimate of drug-likeness (QED) is 0.351. The predicted octanol–water partition coefficient (Wildman–Crippen LogP) is 5.34. The van der Waals surface area contributed by atoms with Gasteiger partial charge in [-0.3, -0.25) is 4.90 Å². The predicted molar refractivity (Wildman–Crippen MR) is 150 cm³/mol. The van der Waals surface area contributed by atoms with Crippen LogP contribution in [0.5, 0.6) is 0 Å². The molecule has 3 aromatic heterocycles. The van der Waals surface area contributed by atoms with Gasteiger partial charge in [0.2, 0.25) is 5.95 Å². The Morgan fingerprint density at radius 2 is 1.82 bits per heavy atom. The molecule has 4 aromatic rings. The first-order valence-electron chi connectivity index (χ1n) is 14.3. The van der Waals surface area contributed by atoms with Gasteiger partial charge < -0.3 is 14.8 Å². The molecule has 2 saturated heterocycles. The first-order valence-corrected chi connectivity index (χ1v) is 14.3. The van der Waals surface area contributed by atoms with Crippen LogP contribution in [0, 0.1) is 17.0 Å². The largest absolute Gasteiger partial charge is 0.325 e. The number of benzene rings is 1. The van der Waals surface area contributed by atoms with Crippen LogP contribution in [0.2, 0.25) is 0 Å². The van der Waals surface area contributed by atoms with Gasteiger partial charge in [-0.05, 0) is 75.0 Å². The minimum Gasteiger partial charge on any atom is -0.325 e. The Labute approximate surface area is 232 Å². The van der Waals surface area contributed by atoms with Crippen LogP contribution >= 0.6 is 0 Å². The van der Waals surface area contributed by atoms with E-state index in [0.717, 1.165) is 56.6 Å². The van der Waals surface area contributed by atoms with E-state index >= 15 is 4.39 Å². The lowest BCUT2D eigenvalue weighted by Gasteiger charge is -2.54. The van der Waals surface area contributed by atoms with Crippen molar-refractivity contribution in [1.29, 1.82) is 0 Å². The van der Waals surface area contributed by atoms with E-state index in [0.29, 0.717) is 27.8 Å². The number of nitrogens with one attached hydrogen (secondary N) is 1. The Morgan fingerprint density at radius 1 is 1.00 bits per heavy atom. The molecule has 1 atom stereocenters. The van der Waals surface area contributed by atoms with Crippen molar-refractivity contribution in [3.63, 3.8) is 0 Å². The van der Waals surface area contributed by atoms with Crippen LogP contribution in [0.25, 0.3) is 22.3 Å². The van der Waals surface area contributed by atoms with Crippen LogP contribution in [0.4, 0.5) is 20.5 Å². The van der Waals surface area contributed by atoms with E-state index in [1.165, 1.54) is 32.0 Å². The summed E-state index contributed by atoms with van der Waals surface area (Å²) in [6.07, 6.45) is 7.33. The second-order valence-corrected chi connectivity index (χ2v) is 11.8. The zero-order valence-corrected chi connectivity index (χ0v) is 23.0. The fourth-order valence-corrected chi connectivity index (χ4v) is 6.74. The van der Waals surface area contributed by atoms with E-state index in [2.05, 4.69) is 55.0 Å². The summed E-state index contributed by atoms with van der Waals surface area (Å²) in [7, 11) is 0. The highest BCUT2D eigenvalue weighted by Gasteiger charge is 2.44. The number of pyridine rings is 1. The first kappa shape index (κ1) is 25.5. The number of hydrogen-bond donors (Lipinski definition) is 1. The number of aryl methyl sites for hydroxylation is 1. The molecule has 6 heterocycles. The van der Waals surface area contributed by atoms with Crippen molar-refractivity contribution in [2.75, 3.05) is 38.0 Å². The highest BCUT2D eigenvalue weighted by atomic mass is 19.1. The summed E-state index contributed by atoms with van der Waals surface area (Å²) in [5.41, 5.74) is 3.02. The Bertz CT molecular complexity index is 1550. The van der Waals surface area contributed by atoms with Crippen molar-refractivity contribution in [1.82, 2.24) is 34.3 Å². The third-order valence-corrected chi connectivity index (χ3v) is 9.02. The number of anilines is 2. The molecule has 3 aliphatic heterocycles. The normalized spacial score (nSPS) is 20.6. The summed E-state index contributed by atoms with van der Waals surface area (Å²) in [6, 6.07) is 7.23. The van der Waals surface area contributed by atoms with E-state index in [4.69, 9.17) is 0 Å². The van der Waals surface area contributed by atoms with Gasteiger partial charge in [-0.15, -0.1) is 0 Å². The molecule has 0 amide bonds. The maximum absolute atomic E-state index is 15.0. The first-order chi connectivity index (χ1) is 19.4. The molecule has 40 heavy (non-hydrogen) atoms. The second kappa shape index (κ2) is 9.85. The highest BCUT2D eigenvalue weighted by Crippen LogP contribution is 2.41. The topological polar surface area (TPSA) is 75.0 Å².